The molecule has 0 saturated carbocycles. The number of rotatable bonds is 8. The summed E-state index contributed by atoms with van der Waals surface area (Å²) < 4.78 is 5.03. The molecular formula is C68H45N5. The number of para-hydroxylation sites is 3. The maximum atomic E-state index is 5.56. The van der Waals surface area contributed by atoms with Crippen LogP contribution in [0.4, 0.5) is 0 Å². The van der Waals surface area contributed by atoms with E-state index in [0.717, 1.165) is 107 Å². The fourth-order valence-corrected chi connectivity index (χ4v) is 11.3. The van der Waals surface area contributed by atoms with E-state index in [-0.39, 0.29) is 0 Å². The molecule has 0 fully saturated rings. The molecule has 3 heterocycles. The van der Waals surface area contributed by atoms with E-state index in [1.54, 1.807) is 0 Å². The number of benzene rings is 9. The summed E-state index contributed by atoms with van der Waals surface area (Å²) in [6.07, 6.45) is 11.2. The van der Waals surface area contributed by atoms with Crippen molar-refractivity contribution in [3.8, 4) is 73.9 Å². The summed E-state index contributed by atoms with van der Waals surface area (Å²) in [6, 6.07) is 75.6. The summed E-state index contributed by atoms with van der Waals surface area (Å²) in [5.41, 5.74) is 17.8. The molecule has 9 aromatic carbocycles. The third-order valence-corrected chi connectivity index (χ3v) is 14.6. The Morgan fingerprint density at radius 1 is 0.397 bits per heavy atom. The smallest absolute Gasteiger partial charge is 0.166 e. The quantitative estimate of drug-likeness (QED) is 0.143. The van der Waals surface area contributed by atoms with Gasteiger partial charge in [-0.2, -0.15) is 0 Å². The Hall–Kier alpha value is -9.63. The van der Waals surface area contributed by atoms with Crippen LogP contribution in [0.25, 0.3) is 123 Å². The molecule has 0 unspecified atom stereocenters. The van der Waals surface area contributed by atoms with Crippen molar-refractivity contribution in [2.75, 3.05) is 0 Å². The van der Waals surface area contributed by atoms with E-state index in [9.17, 15) is 0 Å². The highest BCUT2D eigenvalue weighted by Gasteiger charge is 2.27. The van der Waals surface area contributed by atoms with E-state index in [1.807, 2.05) is 6.08 Å². The lowest BCUT2D eigenvalue weighted by molar-refractivity contribution is 0.889. The molecule has 0 saturated heterocycles. The minimum absolute atomic E-state index is 0.585. The zero-order valence-corrected chi connectivity index (χ0v) is 39.9. The average Bonchev–Trinajstić information content (AvgIpc) is 3.90. The van der Waals surface area contributed by atoms with Gasteiger partial charge in [0, 0.05) is 55.4 Å². The average molecular weight is 932 g/mol. The maximum Gasteiger partial charge on any atom is 0.166 e. The van der Waals surface area contributed by atoms with Crippen molar-refractivity contribution in [3.63, 3.8) is 0 Å². The van der Waals surface area contributed by atoms with E-state index < -0.39 is 0 Å². The summed E-state index contributed by atoms with van der Waals surface area (Å²) in [7, 11) is 0. The molecule has 5 nitrogen and oxygen atoms in total. The Morgan fingerprint density at radius 2 is 0.986 bits per heavy atom. The molecule has 0 N–H and O–H groups in total. The second kappa shape index (κ2) is 17.6. The molecule has 3 aromatic heterocycles. The molecule has 0 aliphatic heterocycles. The van der Waals surface area contributed by atoms with Gasteiger partial charge in [0.05, 0.1) is 28.7 Å². The van der Waals surface area contributed by atoms with Crippen molar-refractivity contribution < 1.29 is 0 Å². The molecule has 14 rings (SSSR count). The van der Waals surface area contributed by atoms with Gasteiger partial charge in [0.15, 0.2) is 17.5 Å². The Labute approximate surface area is 423 Å². The van der Waals surface area contributed by atoms with Crippen LogP contribution in [0.2, 0.25) is 0 Å². The Bertz CT molecular complexity index is 4310. The lowest BCUT2D eigenvalue weighted by Gasteiger charge is -2.20. The Morgan fingerprint density at radius 3 is 1.77 bits per heavy atom. The lowest BCUT2D eigenvalue weighted by Crippen LogP contribution is -2.08. The highest BCUT2D eigenvalue weighted by molar-refractivity contribution is 6.15. The largest absolute Gasteiger partial charge is 0.310 e. The van der Waals surface area contributed by atoms with Gasteiger partial charge >= 0.3 is 0 Å². The van der Waals surface area contributed by atoms with Crippen LogP contribution < -0.4 is 0 Å². The fourth-order valence-electron chi connectivity index (χ4n) is 11.3. The molecule has 0 bridgehead atoms. The van der Waals surface area contributed by atoms with Crippen LogP contribution in [0.3, 0.4) is 0 Å². The van der Waals surface area contributed by atoms with Crippen LogP contribution in [0.1, 0.15) is 29.7 Å². The molecule has 0 atom stereocenters. The number of nitrogens with zero attached hydrogens (tertiary/aromatic N) is 5. The number of hydrogen-bond donors (Lipinski definition) is 0. The summed E-state index contributed by atoms with van der Waals surface area (Å²) in [5.74, 6) is 8.65. The summed E-state index contributed by atoms with van der Waals surface area (Å²) >= 11 is 0. The number of aromatic nitrogens is 5. The monoisotopic (exact) mass is 931 g/mol. The first-order valence-electron chi connectivity index (χ1n) is 25.0. The van der Waals surface area contributed by atoms with Gasteiger partial charge in [0.25, 0.3) is 0 Å². The number of hydrogen-bond acceptors (Lipinski definition) is 3. The van der Waals surface area contributed by atoms with Crippen LogP contribution in [-0.4, -0.2) is 24.1 Å². The van der Waals surface area contributed by atoms with Gasteiger partial charge in [0.1, 0.15) is 0 Å². The van der Waals surface area contributed by atoms with Crippen molar-refractivity contribution in [2.24, 2.45) is 0 Å². The lowest BCUT2D eigenvalue weighted by atomic mass is 9.94. The van der Waals surface area contributed by atoms with Gasteiger partial charge in [-0.05, 0) is 87.8 Å². The molecule has 2 aliphatic carbocycles. The zero-order valence-electron chi connectivity index (χ0n) is 39.9. The molecule has 2 aliphatic rings. The molecule has 73 heavy (non-hydrogen) atoms. The highest BCUT2D eigenvalue weighted by atomic mass is 15.1. The predicted molar refractivity (Wildman–Crippen MR) is 303 cm³/mol. The summed E-state index contributed by atoms with van der Waals surface area (Å²) in [4.78, 5) is 16.4. The van der Waals surface area contributed by atoms with E-state index in [1.165, 1.54) is 22.0 Å². The predicted octanol–water partition coefficient (Wildman–Crippen LogP) is 16.7. The first kappa shape index (κ1) is 42.3. The number of allylic oxidation sites excluding steroid dienone is 5. The van der Waals surface area contributed by atoms with E-state index in [4.69, 9.17) is 15.0 Å². The van der Waals surface area contributed by atoms with Crippen molar-refractivity contribution in [2.45, 2.75) is 19.3 Å². The minimum Gasteiger partial charge on any atom is -0.310 e. The Balaban J connectivity index is 1.05. The topological polar surface area (TPSA) is 48.5 Å². The first-order chi connectivity index (χ1) is 36.2. The van der Waals surface area contributed by atoms with E-state index in [0.29, 0.717) is 23.9 Å². The maximum absolute atomic E-state index is 5.56. The first-order valence-corrected chi connectivity index (χ1v) is 25.0. The molecule has 0 radical (unpaired) electrons. The molecule has 12 aromatic rings. The molecule has 342 valence electrons. The molecule has 0 spiro atoms. The van der Waals surface area contributed by atoms with Crippen LogP contribution in [0.5, 0.6) is 0 Å². The number of fused-ring (bicyclic) bond motifs is 7. The van der Waals surface area contributed by atoms with Crippen LogP contribution in [0.15, 0.2) is 231 Å². The summed E-state index contributed by atoms with van der Waals surface area (Å²) in [5, 5.41) is 5.75. The van der Waals surface area contributed by atoms with E-state index in [2.05, 4.69) is 252 Å². The molecule has 5 heteroatoms. The highest BCUT2D eigenvalue weighted by Crippen LogP contribution is 2.45. The van der Waals surface area contributed by atoms with Crippen molar-refractivity contribution in [1.82, 2.24) is 24.1 Å². The van der Waals surface area contributed by atoms with Crippen LogP contribution >= 0.6 is 0 Å². The van der Waals surface area contributed by atoms with Crippen LogP contribution in [0, 0.1) is 11.8 Å². The van der Waals surface area contributed by atoms with Gasteiger partial charge in [-0.15, -0.1) is 0 Å². The SMILES string of the molecule is C1#CCC(n2c3ccccc3c3cccc(-n4c5c(c6cccc(-c7nc(-c8ccc(-c9ccccc9)cc8)nc(-c8ccc(-c9ccccc9)c9ccccc89)n7)c64)C=CCC5)c32)=C(c2ccccc2)C=C1. The Kier molecular flexibility index (Phi) is 10.2. The van der Waals surface area contributed by atoms with Crippen molar-refractivity contribution >= 4 is 60.8 Å². The second-order valence-corrected chi connectivity index (χ2v) is 18.7. The zero-order chi connectivity index (χ0) is 48.2. The van der Waals surface area contributed by atoms with Gasteiger partial charge in [0.2, 0.25) is 0 Å². The van der Waals surface area contributed by atoms with Crippen LogP contribution in [-0.2, 0) is 6.42 Å². The minimum atomic E-state index is 0.585. The summed E-state index contributed by atoms with van der Waals surface area (Å²) in [6.45, 7) is 0. The van der Waals surface area contributed by atoms with Gasteiger partial charge in [-0.3, -0.25) is 0 Å². The third kappa shape index (κ3) is 7.14. The van der Waals surface area contributed by atoms with Gasteiger partial charge < -0.3 is 9.13 Å². The van der Waals surface area contributed by atoms with Gasteiger partial charge in [-0.1, -0.05) is 212 Å². The molecule has 0 amide bonds. The molecular weight excluding hydrogens is 887 g/mol. The van der Waals surface area contributed by atoms with Crippen molar-refractivity contribution in [1.29, 1.82) is 0 Å². The van der Waals surface area contributed by atoms with E-state index >= 15 is 0 Å². The third-order valence-electron chi connectivity index (χ3n) is 14.6. The van der Waals surface area contributed by atoms with Gasteiger partial charge in [-0.25, -0.2) is 15.0 Å². The second-order valence-electron chi connectivity index (χ2n) is 18.7. The normalized spacial score (nSPS) is 13.2. The fraction of sp³-hybridized carbons (Fsp3) is 0.0441. The van der Waals surface area contributed by atoms with Crippen molar-refractivity contribution in [3.05, 3.63) is 247 Å². The standard InChI is InChI=1S/C68H45N5/c1-5-21-45(22-6-1)46-39-41-49(42-40-46)66-69-67(58-44-43-50(47-23-7-2-8-24-47)52-28-13-14-29-53(52)58)71-68(70-66)59-34-19-32-56-54-30-15-18-37-62(54)73(64(56)59)63-38-20-33-57-55-31-16-17-36-61(55)72(65(57)63)60-35-12-4-11-27-51(60)48-25-9-3-10-26-48/h1-3,5-11,13-17,19-34,36,38-44H,18,35,37H2.